The minimum Gasteiger partial charge on any atom is -0.325 e. The van der Waals surface area contributed by atoms with Crippen molar-refractivity contribution in [2.24, 2.45) is 0 Å². The van der Waals surface area contributed by atoms with Crippen molar-refractivity contribution in [2.75, 3.05) is 11.9 Å². The van der Waals surface area contributed by atoms with Gasteiger partial charge in [0, 0.05) is 23.3 Å². The molecule has 162 valence electrons. The summed E-state index contributed by atoms with van der Waals surface area (Å²) < 4.78 is 1.93. The number of benzene rings is 3. The molecule has 0 bridgehead atoms. The van der Waals surface area contributed by atoms with Crippen molar-refractivity contribution in [3.05, 3.63) is 103 Å². The van der Waals surface area contributed by atoms with Crippen molar-refractivity contribution in [3.63, 3.8) is 0 Å². The standard InChI is InChI=1S/C26H20N4O3/c31-24(27-20-9-2-1-3-10-20)17-30-25(32)23(28-26(30)33)16-21-11-6-14-29(21)22-13-12-18-7-4-5-8-19(18)15-22/h1-16H,17H2,(H,27,31)(H,28,33)/b23-16-. The molecule has 0 unspecified atom stereocenters. The van der Waals surface area contributed by atoms with E-state index in [4.69, 9.17) is 0 Å². The van der Waals surface area contributed by atoms with Crippen LogP contribution in [0.25, 0.3) is 22.5 Å². The molecule has 0 radical (unpaired) electrons. The number of imide groups is 1. The molecule has 0 aliphatic carbocycles. The van der Waals surface area contributed by atoms with E-state index in [2.05, 4.69) is 16.7 Å². The van der Waals surface area contributed by atoms with Crippen LogP contribution < -0.4 is 10.6 Å². The molecule has 0 saturated carbocycles. The highest BCUT2D eigenvalue weighted by atomic mass is 16.2. The zero-order valence-corrected chi connectivity index (χ0v) is 17.6. The van der Waals surface area contributed by atoms with Gasteiger partial charge in [-0.1, -0.05) is 48.5 Å². The van der Waals surface area contributed by atoms with Gasteiger partial charge in [0.1, 0.15) is 12.2 Å². The Morgan fingerprint density at radius 2 is 1.64 bits per heavy atom. The molecular weight excluding hydrogens is 416 g/mol. The van der Waals surface area contributed by atoms with Gasteiger partial charge in [0.2, 0.25) is 5.91 Å². The molecule has 2 heterocycles. The summed E-state index contributed by atoms with van der Waals surface area (Å²) in [5, 5.41) is 7.49. The van der Waals surface area contributed by atoms with Crippen LogP contribution >= 0.6 is 0 Å². The second-order valence-electron chi connectivity index (χ2n) is 7.63. The summed E-state index contributed by atoms with van der Waals surface area (Å²) in [6.45, 7) is -0.372. The van der Waals surface area contributed by atoms with Crippen LogP contribution in [0.15, 0.2) is 96.8 Å². The molecule has 5 rings (SSSR count). The Labute approximate surface area is 189 Å². The second-order valence-corrected chi connectivity index (χ2v) is 7.63. The van der Waals surface area contributed by atoms with Gasteiger partial charge >= 0.3 is 6.03 Å². The van der Waals surface area contributed by atoms with Crippen molar-refractivity contribution < 1.29 is 14.4 Å². The number of carbonyl (C=O) groups is 3. The minimum absolute atomic E-state index is 0.119. The van der Waals surface area contributed by atoms with Gasteiger partial charge in [0.05, 0.1) is 0 Å². The summed E-state index contributed by atoms with van der Waals surface area (Å²) in [6.07, 6.45) is 3.51. The highest BCUT2D eigenvalue weighted by Crippen LogP contribution is 2.22. The zero-order chi connectivity index (χ0) is 22.8. The summed E-state index contributed by atoms with van der Waals surface area (Å²) in [5.41, 5.74) is 2.37. The first kappa shape index (κ1) is 20.3. The maximum Gasteiger partial charge on any atom is 0.329 e. The predicted molar refractivity (Wildman–Crippen MR) is 127 cm³/mol. The highest BCUT2D eigenvalue weighted by Gasteiger charge is 2.35. The van der Waals surface area contributed by atoms with E-state index in [-0.39, 0.29) is 12.2 Å². The van der Waals surface area contributed by atoms with Crippen LogP contribution in [0.5, 0.6) is 0 Å². The van der Waals surface area contributed by atoms with Crippen molar-refractivity contribution in [3.8, 4) is 5.69 Å². The Bertz CT molecular complexity index is 1410. The number of amides is 4. The van der Waals surface area contributed by atoms with E-state index in [1.165, 1.54) is 0 Å². The number of hydrogen-bond acceptors (Lipinski definition) is 3. The fraction of sp³-hybridized carbons (Fsp3) is 0.0385. The molecule has 1 fully saturated rings. The highest BCUT2D eigenvalue weighted by molar-refractivity contribution is 6.15. The zero-order valence-electron chi connectivity index (χ0n) is 17.6. The quantitative estimate of drug-likeness (QED) is 0.364. The number of carbonyl (C=O) groups excluding carboxylic acids is 3. The number of para-hydroxylation sites is 1. The number of hydrogen-bond donors (Lipinski definition) is 2. The normalized spacial score (nSPS) is 14.7. The van der Waals surface area contributed by atoms with E-state index >= 15 is 0 Å². The summed E-state index contributed by atoms with van der Waals surface area (Å²) in [7, 11) is 0. The average Bonchev–Trinajstić information content (AvgIpc) is 3.39. The van der Waals surface area contributed by atoms with Crippen molar-refractivity contribution >= 4 is 40.4 Å². The van der Waals surface area contributed by atoms with Gasteiger partial charge in [-0.05, 0) is 53.2 Å². The Balaban J connectivity index is 1.36. The van der Waals surface area contributed by atoms with E-state index in [9.17, 15) is 14.4 Å². The van der Waals surface area contributed by atoms with E-state index in [1.807, 2.05) is 65.4 Å². The number of rotatable bonds is 5. The number of anilines is 1. The van der Waals surface area contributed by atoms with Crippen molar-refractivity contribution in [1.82, 2.24) is 14.8 Å². The fourth-order valence-electron chi connectivity index (χ4n) is 3.80. The Kier molecular flexibility index (Phi) is 5.20. The van der Waals surface area contributed by atoms with Crippen LogP contribution in [0.2, 0.25) is 0 Å². The summed E-state index contributed by atoms with van der Waals surface area (Å²) in [6, 6.07) is 26.1. The number of fused-ring (bicyclic) bond motifs is 1. The summed E-state index contributed by atoms with van der Waals surface area (Å²) in [5.74, 6) is -1.00. The van der Waals surface area contributed by atoms with E-state index in [0.29, 0.717) is 5.69 Å². The van der Waals surface area contributed by atoms with Crippen molar-refractivity contribution in [2.45, 2.75) is 0 Å². The molecule has 1 aliphatic rings. The lowest BCUT2D eigenvalue weighted by atomic mass is 10.1. The lowest BCUT2D eigenvalue weighted by Gasteiger charge is -2.12. The first-order valence-corrected chi connectivity index (χ1v) is 10.4. The monoisotopic (exact) mass is 436 g/mol. The van der Waals surface area contributed by atoms with Gasteiger partial charge in [-0.15, -0.1) is 0 Å². The van der Waals surface area contributed by atoms with Crippen molar-refractivity contribution in [1.29, 1.82) is 0 Å². The molecule has 0 spiro atoms. The molecule has 1 aromatic heterocycles. The van der Waals surface area contributed by atoms with Gasteiger partial charge < -0.3 is 15.2 Å². The van der Waals surface area contributed by atoms with Crippen LogP contribution in [0, 0.1) is 0 Å². The molecular formula is C26H20N4O3. The van der Waals surface area contributed by atoms with E-state index in [0.717, 1.165) is 27.1 Å². The molecule has 7 nitrogen and oxygen atoms in total. The maximum atomic E-state index is 12.8. The Hall–Kier alpha value is -4.65. The second kappa shape index (κ2) is 8.47. The lowest BCUT2D eigenvalue weighted by molar-refractivity contribution is -0.127. The molecule has 7 heteroatoms. The third-order valence-corrected chi connectivity index (χ3v) is 5.41. The number of urea groups is 1. The smallest absolute Gasteiger partial charge is 0.325 e. The maximum absolute atomic E-state index is 12.8. The first-order chi connectivity index (χ1) is 16.1. The fourth-order valence-corrected chi connectivity index (χ4v) is 3.80. The van der Waals surface area contributed by atoms with Gasteiger partial charge in [-0.25, -0.2) is 9.69 Å². The third-order valence-electron chi connectivity index (χ3n) is 5.41. The van der Waals surface area contributed by atoms with Gasteiger partial charge in [-0.3, -0.25) is 9.59 Å². The van der Waals surface area contributed by atoms with Gasteiger partial charge in [0.15, 0.2) is 0 Å². The van der Waals surface area contributed by atoms with Gasteiger partial charge in [-0.2, -0.15) is 0 Å². The average molecular weight is 436 g/mol. The van der Waals surface area contributed by atoms with Crippen LogP contribution in [-0.4, -0.2) is 33.9 Å². The molecule has 0 atom stereocenters. The van der Waals surface area contributed by atoms with E-state index in [1.54, 1.807) is 30.3 Å². The summed E-state index contributed by atoms with van der Waals surface area (Å²) in [4.78, 5) is 38.4. The molecule has 1 aliphatic heterocycles. The first-order valence-electron chi connectivity index (χ1n) is 10.4. The molecule has 3 aromatic carbocycles. The Morgan fingerprint density at radius 3 is 2.45 bits per heavy atom. The predicted octanol–water partition coefficient (Wildman–Crippen LogP) is 4.16. The number of nitrogens with one attached hydrogen (secondary N) is 2. The van der Waals surface area contributed by atoms with Crippen LogP contribution in [0.4, 0.5) is 10.5 Å². The molecule has 2 N–H and O–H groups in total. The number of aromatic nitrogens is 1. The van der Waals surface area contributed by atoms with Crippen LogP contribution in [-0.2, 0) is 9.59 Å². The largest absolute Gasteiger partial charge is 0.329 e. The molecule has 4 aromatic rings. The number of nitrogens with zero attached hydrogens (tertiary/aromatic N) is 2. The Morgan fingerprint density at radius 1 is 0.879 bits per heavy atom. The van der Waals surface area contributed by atoms with Crippen LogP contribution in [0.1, 0.15) is 5.69 Å². The molecule has 33 heavy (non-hydrogen) atoms. The van der Waals surface area contributed by atoms with Crippen LogP contribution in [0.3, 0.4) is 0 Å². The molecule has 1 saturated heterocycles. The SMILES string of the molecule is O=C(CN1C(=O)N/C(=C\c2cccn2-c2ccc3ccccc3c2)C1=O)Nc1ccccc1. The third kappa shape index (κ3) is 4.12. The lowest BCUT2D eigenvalue weighted by Crippen LogP contribution is -2.38. The van der Waals surface area contributed by atoms with E-state index < -0.39 is 17.8 Å². The molecule has 4 amide bonds. The minimum atomic E-state index is -0.627. The van der Waals surface area contributed by atoms with Gasteiger partial charge in [0.25, 0.3) is 5.91 Å². The summed E-state index contributed by atoms with van der Waals surface area (Å²) >= 11 is 0. The topological polar surface area (TPSA) is 83.4 Å².